The average molecular weight is 315 g/mol. The molecule has 3 fully saturated rings. The van der Waals surface area contributed by atoms with Crippen LogP contribution in [0.25, 0.3) is 0 Å². The summed E-state index contributed by atoms with van der Waals surface area (Å²) in [5.41, 5.74) is 1.38. The Morgan fingerprint density at radius 3 is 2.87 bits per heavy atom. The number of fused-ring (bicyclic) bond motifs is 1. The molecule has 3 aliphatic rings. The highest BCUT2D eigenvalue weighted by Gasteiger charge is 2.43. The van der Waals surface area contributed by atoms with Gasteiger partial charge in [-0.1, -0.05) is 6.42 Å². The maximum absolute atomic E-state index is 5.62. The second kappa shape index (κ2) is 6.88. The minimum Gasteiger partial charge on any atom is -0.380 e. The molecule has 0 N–H and O–H groups in total. The molecule has 4 heteroatoms. The number of hydrogen-bond donors (Lipinski definition) is 0. The zero-order chi connectivity index (χ0) is 15.6. The SMILES string of the molecule is CN(Cc1ccncc1)[C@@H]1CCC[C@@H]2CN([C@H]3CCOC3)C[C@@H]21. The van der Waals surface area contributed by atoms with Gasteiger partial charge in [0.15, 0.2) is 0 Å². The maximum Gasteiger partial charge on any atom is 0.0622 e. The van der Waals surface area contributed by atoms with Crippen molar-refractivity contribution in [2.75, 3.05) is 33.4 Å². The Morgan fingerprint density at radius 1 is 1.22 bits per heavy atom. The van der Waals surface area contributed by atoms with Crippen molar-refractivity contribution >= 4 is 0 Å². The van der Waals surface area contributed by atoms with Crippen LogP contribution in [0.5, 0.6) is 0 Å². The minimum atomic E-state index is 0.687. The molecule has 0 amide bonds. The van der Waals surface area contributed by atoms with Crippen molar-refractivity contribution in [1.29, 1.82) is 0 Å². The van der Waals surface area contributed by atoms with Gasteiger partial charge < -0.3 is 4.74 Å². The Labute approximate surface area is 139 Å². The third-order valence-electron chi connectivity index (χ3n) is 6.26. The first-order valence-electron chi connectivity index (χ1n) is 9.22. The summed E-state index contributed by atoms with van der Waals surface area (Å²) in [6, 6.07) is 5.71. The molecule has 1 aromatic heterocycles. The smallest absolute Gasteiger partial charge is 0.0622 e. The van der Waals surface area contributed by atoms with Crippen LogP contribution < -0.4 is 0 Å². The molecular weight excluding hydrogens is 286 g/mol. The van der Waals surface area contributed by atoms with Crippen LogP contribution in [-0.4, -0.2) is 60.2 Å². The highest BCUT2D eigenvalue weighted by atomic mass is 16.5. The molecule has 0 spiro atoms. The number of ether oxygens (including phenoxy) is 1. The third kappa shape index (κ3) is 3.30. The van der Waals surface area contributed by atoms with E-state index < -0.39 is 0 Å². The van der Waals surface area contributed by atoms with Crippen LogP contribution in [0.1, 0.15) is 31.2 Å². The standard InChI is InChI=1S/C19H29N3O/c1-21(11-15-5-8-20-9-6-15)19-4-2-3-16-12-22(13-18(16)19)17-7-10-23-14-17/h5-6,8-9,16-19H,2-4,7,10-14H2,1H3/t16-,17+,18+,19-/m1/s1. The van der Waals surface area contributed by atoms with E-state index in [0.717, 1.165) is 37.6 Å². The van der Waals surface area contributed by atoms with Crippen molar-refractivity contribution in [2.24, 2.45) is 11.8 Å². The van der Waals surface area contributed by atoms with Crippen LogP contribution in [0, 0.1) is 11.8 Å². The van der Waals surface area contributed by atoms with Gasteiger partial charge in [0, 0.05) is 50.7 Å². The van der Waals surface area contributed by atoms with Gasteiger partial charge >= 0.3 is 0 Å². The van der Waals surface area contributed by atoms with Gasteiger partial charge in [-0.15, -0.1) is 0 Å². The van der Waals surface area contributed by atoms with Gasteiger partial charge in [-0.05, 0) is 55.8 Å². The fourth-order valence-corrected chi connectivity index (χ4v) is 5.02. The van der Waals surface area contributed by atoms with Crippen molar-refractivity contribution in [2.45, 2.75) is 44.3 Å². The number of hydrogen-bond acceptors (Lipinski definition) is 4. The quantitative estimate of drug-likeness (QED) is 0.853. The van der Waals surface area contributed by atoms with E-state index in [9.17, 15) is 0 Å². The lowest BCUT2D eigenvalue weighted by molar-refractivity contribution is 0.103. The lowest BCUT2D eigenvalue weighted by atomic mass is 9.77. The van der Waals surface area contributed by atoms with Crippen LogP contribution in [-0.2, 0) is 11.3 Å². The first-order chi connectivity index (χ1) is 11.3. The molecule has 1 aliphatic carbocycles. The zero-order valence-electron chi connectivity index (χ0n) is 14.2. The predicted octanol–water partition coefficient (Wildman–Crippen LogP) is 2.40. The van der Waals surface area contributed by atoms with Crippen molar-refractivity contribution in [3.8, 4) is 0 Å². The van der Waals surface area contributed by atoms with Gasteiger partial charge in [-0.25, -0.2) is 0 Å². The molecule has 0 radical (unpaired) electrons. The molecule has 2 aliphatic heterocycles. The summed E-state index contributed by atoms with van der Waals surface area (Å²) in [5.74, 6) is 1.74. The Hall–Kier alpha value is -0.970. The summed E-state index contributed by atoms with van der Waals surface area (Å²) in [7, 11) is 2.31. The molecule has 1 saturated carbocycles. The molecule has 0 unspecified atom stereocenters. The molecule has 1 aromatic rings. The number of pyridine rings is 1. The summed E-state index contributed by atoms with van der Waals surface area (Å²) >= 11 is 0. The van der Waals surface area contributed by atoms with E-state index in [1.165, 1.54) is 44.3 Å². The topological polar surface area (TPSA) is 28.6 Å². The molecule has 126 valence electrons. The second-order valence-corrected chi connectivity index (χ2v) is 7.66. The van der Waals surface area contributed by atoms with E-state index >= 15 is 0 Å². The van der Waals surface area contributed by atoms with E-state index in [-0.39, 0.29) is 0 Å². The Bertz CT molecular complexity index is 503. The molecule has 23 heavy (non-hydrogen) atoms. The summed E-state index contributed by atoms with van der Waals surface area (Å²) in [4.78, 5) is 9.47. The summed E-state index contributed by atoms with van der Waals surface area (Å²) in [6.45, 7) is 5.55. The van der Waals surface area contributed by atoms with Crippen LogP contribution in [0.2, 0.25) is 0 Å². The Kier molecular flexibility index (Phi) is 4.65. The van der Waals surface area contributed by atoms with E-state index in [1.807, 2.05) is 12.4 Å². The van der Waals surface area contributed by atoms with Crippen molar-refractivity contribution < 1.29 is 4.74 Å². The van der Waals surface area contributed by atoms with Crippen LogP contribution in [0.3, 0.4) is 0 Å². The van der Waals surface area contributed by atoms with Crippen LogP contribution in [0.15, 0.2) is 24.5 Å². The normalized spacial score (nSPS) is 34.9. The molecule has 2 saturated heterocycles. The molecule has 3 heterocycles. The number of nitrogens with zero attached hydrogens (tertiary/aromatic N) is 3. The van der Waals surface area contributed by atoms with Crippen LogP contribution >= 0.6 is 0 Å². The fraction of sp³-hybridized carbons (Fsp3) is 0.737. The van der Waals surface area contributed by atoms with E-state index in [4.69, 9.17) is 4.74 Å². The molecule has 4 atom stereocenters. The van der Waals surface area contributed by atoms with Crippen LogP contribution in [0.4, 0.5) is 0 Å². The second-order valence-electron chi connectivity index (χ2n) is 7.66. The third-order valence-corrected chi connectivity index (χ3v) is 6.26. The van der Waals surface area contributed by atoms with Gasteiger partial charge in [-0.2, -0.15) is 0 Å². The van der Waals surface area contributed by atoms with Crippen molar-refractivity contribution in [1.82, 2.24) is 14.8 Å². The number of aromatic nitrogens is 1. The molecule has 0 aromatic carbocycles. The number of rotatable bonds is 4. The fourth-order valence-electron chi connectivity index (χ4n) is 5.02. The Balaban J connectivity index is 1.42. The van der Waals surface area contributed by atoms with Crippen molar-refractivity contribution in [3.05, 3.63) is 30.1 Å². The first-order valence-corrected chi connectivity index (χ1v) is 9.22. The first kappa shape index (κ1) is 15.6. The molecular formula is C19H29N3O. The van der Waals surface area contributed by atoms with Crippen molar-refractivity contribution in [3.63, 3.8) is 0 Å². The largest absolute Gasteiger partial charge is 0.380 e. The van der Waals surface area contributed by atoms with Gasteiger partial charge in [0.25, 0.3) is 0 Å². The molecule has 4 nitrogen and oxygen atoms in total. The van der Waals surface area contributed by atoms with E-state index in [1.54, 1.807) is 0 Å². The summed E-state index contributed by atoms with van der Waals surface area (Å²) < 4.78 is 5.62. The molecule has 4 rings (SSSR count). The zero-order valence-corrected chi connectivity index (χ0v) is 14.2. The van der Waals surface area contributed by atoms with Gasteiger partial charge in [0.05, 0.1) is 6.61 Å². The lowest BCUT2D eigenvalue weighted by Gasteiger charge is -2.39. The van der Waals surface area contributed by atoms with Gasteiger partial charge in [0.1, 0.15) is 0 Å². The lowest BCUT2D eigenvalue weighted by Crippen LogP contribution is -2.43. The molecule has 0 bridgehead atoms. The Morgan fingerprint density at radius 2 is 2.09 bits per heavy atom. The van der Waals surface area contributed by atoms with E-state index in [0.29, 0.717) is 6.04 Å². The maximum atomic E-state index is 5.62. The van der Waals surface area contributed by atoms with Gasteiger partial charge in [0.2, 0.25) is 0 Å². The average Bonchev–Trinajstić information content (AvgIpc) is 3.24. The monoisotopic (exact) mass is 315 g/mol. The summed E-state index contributed by atoms with van der Waals surface area (Å²) in [6.07, 6.45) is 9.22. The van der Waals surface area contributed by atoms with E-state index in [2.05, 4.69) is 34.0 Å². The predicted molar refractivity (Wildman–Crippen MR) is 91.1 cm³/mol. The van der Waals surface area contributed by atoms with Gasteiger partial charge in [-0.3, -0.25) is 14.8 Å². The summed E-state index contributed by atoms with van der Waals surface area (Å²) in [5, 5.41) is 0. The highest BCUT2D eigenvalue weighted by molar-refractivity contribution is 5.10. The minimum absolute atomic E-state index is 0.687. The highest BCUT2D eigenvalue weighted by Crippen LogP contribution is 2.40. The number of likely N-dealkylation sites (tertiary alicyclic amines) is 1.